The predicted octanol–water partition coefficient (Wildman–Crippen LogP) is 2.81. The van der Waals surface area contributed by atoms with Crippen molar-refractivity contribution < 1.29 is 13.2 Å². The molecule has 3 atom stereocenters. The summed E-state index contributed by atoms with van der Waals surface area (Å²) in [6.07, 6.45) is 7.83. The molecule has 1 aromatic carbocycles. The Kier molecular flexibility index (Phi) is 7.04. The molecule has 0 bridgehead atoms. The molecule has 1 saturated carbocycles. The van der Waals surface area contributed by atoms with Crippen LogP contribution in [0.1, 0.15) is 57.1 Å². The molecule has 0 radical (unpaired) electrons. The van der Waals surface area contributed by atoms with Crippen LogP contribution < -0.4 is 5.32 Å². The first-order valence-corrected chi connectivity index (χ1v) is 13.4. The summed E-state index contributed by atoms with van der Waals surface area (Å²) < 4.78 is 27.9. The molecule has 2 fully saturated rings. The average molecular weight is 448 g/mol. The van der Waals surface area contributed by atoms with Gasteiger partial charge in [-0.15, -0.1) is 0 Å². The largest absolute Gasteiger partial charge is 0.352 e. The van der Waals surface area contributed by atoms with Gasteiger partial charge in [0.25, 0.3) is 0 Å². The molecular weight excluding hydrogens is 410 g/mol. The number of nitrogens with zero attached hydrogens (tertiary/aromatic N) is 2. The summed E-state index contributed by atoms with van der Waals surface area (Å²) in [6.45, 7) is 6.91. The van der Waals surface area contributed by atoms with Crippen molar-refractivity contribution in [1.82, 2.24) is 14.5 Å². The van der Waals surface area contributed by atoms with Gasteiger partial charge in [0.05, 0.1) is 11.4 Å². The maximum atomic E-state index is 13.2. The van der Waals surface area contributed by atoms with E-state index in [9.17, 15) is 13.2 Å². The zero-order valence-corrected chi connectivity index (χ0v) is 19.8. The fraction of sp³-hybridized carbons (Fsp3) is 0.708. The number of sulfonamides is 1. The van der Waals surface area contributed by atoms with E-state index < -0.39 is 10.0 Å². The van der Waals surface area contributed by atoms with Gasteiger partial charge in [0.1, 0.15) is 0 Å². The van der Waals surface area contributed by atoms with E-state index in [1.165, 1.54) is 30.4 Å². The van der Waals surface area contributed by atoms with Crippen LogP contribution in [-0.2, 0) is 27.7 Å². The first-order chi connectivity index (χ1) is 14.8. The van der Waals surface area contributed by atoms with Crippen molar-refractivity contribution in [3.05, 3.63) is 29.3 Å². The molecule has 1 aromatic rings. The van der Waals surface area contributed by atoms with Gasteiger partial charge in [0.2, 0.25) is 15.9 Å². The lowest BCUT2D eigenvalue weighted by molar-refractivity contribution is -0.124. The summed E-state index contributed by atoms with van der Waals surface area (Å²) in [7, 11) is -3.48. The Labute approximate surface area is 187 Å². The molecule has 6 nitrogen and oxygen atoms in total. The topological polar surface area (TPSA) is 69.7 Å². The van der Waals surface area contributed by atoms with Crippen molar-refractivity contribution in [3.8, 4) is 0 Å². The van der Waals surface area contributed by atoms with Crippen LogP contribution in [0.15, 0.2) is 23.1 Å². The minimum absolute atomic E-state index is 0.0666. The SMILES string of the molecule is C[C@@H]1[C@H](C)CCC[C@@H]1NC(=O)CN1CCN(S(=O)(=O)c2ccc3c(c2)CCCC3)CC1. The quantitative estimate of drug-likeness (QED) is 0.754. The van der Waals surface area contributed by atoms with E-state index in [2.05, 4.69) is 24.1 Å². The van der Waals surface area contributed by atoms with Gasteiger partial charge in [-0.2, -0.15) is 4.31 Å². The lowest BCUT2D eigenvalue weighted by Crippen LogP contribution is -2.52. The van der Waals surface area contributed by atoms with Gasteiger partial charge in [-0.25, -0.2) is 8.42 Å². The third-order valence-electron chi connectivity index (χ3n) is 7.71. The third-order valence-corrected chi connectivity index (χ3v) is 9.60. The summed E-state index contributed by atoms with van der Waals surface area (Å²) in [5.74, 6) is 1.23. The zero-order valence-electron chi connectivity index (χ0n) is 19.0. The van der Waals surface area contributed by atoms with Gasteiger partial charge in [-0.1, -0.05) is 32.8 Å². The van der Waals surface area contributed by atoms with E-state index in [1.807, 2.05) is 12.1 Å². The summed E-state index contributed by atoms with van der Waals surface area (Å²) in [6, 6.07) is 5.92. The highest BCUT2D eigenvalue weighted by Gasteiger charge is 2.31. The molecule has 1 heterocycles. The fourth-order valence-electron chi connectivity index (χ4n) is 5.39. The molecule has 3 aliphatic rings. The van der Waals surface area contributed by atoms with Crippen LogP contribution >= 0.6 is 0 Å². The molecule has 31 heavy (non-hydrogen) atoms. The fourth-order valence-corrected chi connectivity index (χ4v) is 6.86. The zero-order chi connectivity index (χ0) is 22.0. The van der Waals surface area contributed by atoms with Crippen LogP contribution in [0, 0.1) is 11.8 Å². The van der Waals surface area contributed by atoms with E-state index in [0.717, 1.165) is 25.7 Å². The number of amides is 1. The lowest BCUT2D eigenvalue weighted by Gasteiger charge is -2.36. The number of aryl methyl sites for hydroxylation is 2. The molecule has 1 saturated heterocycles. The third kappa shape index (κ3) is 5.15. The molecule has 0 spiro atoms. The van der Waals surface area contributed by atoms with Crippen LogP contribution in [0.3, 0.4) is 0 Å². The molecule has 1 amide bonds. The summed E-state index contributed by atoms with van der Waals surface area (Å²) in [5.41, 5.74) is 2.48. The van der Waals surface area contributed by atoms with E-state index >= 15 is 0 Å². The van der Waals surface area contributed by atoms with E-state index in [1.54, 1.807) is 10.4 Å². The first kappa shape index (κ1) is 22.7. The Morgan fingerprint density at radius 1 is 1.00 bits per heavy atom. The highest BCUT2D eigenvalue weighted by Crippen LogP contribution is 2.29. The van der Waals surface area contributed by atoms with Gasteiger partial charge < -0.3 is 5.32 Å². The second kappa shape index (κ2) is 9.59. The van der Waals surface area contributed by atoms with Gasteiger partial charge in [-0.05, 0) is 67.2 Å². The van der Waals surface area contributed by atoms with Gasteiger partial charge >= 0.3 is 0 Å². The number of carbonyl (C=O) groups is 1. The Morgan fingerprint density at radius 2 is 1.71 bits per heavy atom. The minimum atomic E-state index is -3.48. The molecular formula is C24H37N3O3S. The summed E-state index contributed by atoms with van der Waals surface area (Å²) in [5, 5.41) is 3.23. The number of hydrogen-bond donors (Lipinski definition) is 1. The molecule has 1 aliphatic heterocycles. The lowest BCUT2D eigenvalue weighted by atomic mass is 9.78. The highest BCUT2D eigenvalue weighted by molar-refractivity contribution is 7.89. The van der Waals surface area contributed by atoms with Gasteiger partial charge in [0.15, 0.2) is 0 Å². The van der Waals surface area contributed by atoms with Crippen molar-refractivity contribution in [2.45, 2.75) is 69.7 Å². The smallest absolute Gasteiger partial charge is 0.243 e. The van der Waals surface area contributed by atoms with E-state index in [4.69, 9.17) is 0 Å². The monoisotopic (exact) mass is 447 g/mol. The standard InChI is InChI=1S/C24H37N3O3S/c1-18-6-5-9-23(19(18)2)25-24(28)17-26-12-14-27(15-13-26)31(29,30)22-11-10-20-7-3-4-8-21(20)16-22/h10-11,16,18-19,23H,3-9,12-15,17H2,1-2H3,(H,25,28)/t18-,19-,23+/m1/s1. The van der Waals surface area contributed by atoms with Gasteiger partial charge in [-0.3, -0.25) is 9.69 Å². The molecule has 7 heteroatoms. The first-order valence-electron chi connectivity index (χ1n) is 12.0. The molecule has 0 unspecified atom stereocenters. The maximum Gasteiger partial charge on any atom is 0.243 e. The average Bonchev–Trinajstić information content (AvgIpc) is 2.77. The summed E-state index contributed by atoms with van der Waals surface area (Å²) in [4.78, 5) is 15.1. The minimum Gasteiger partial charge on any atom is -0.352 e. The maximum absolute atomic E-state index is 13.2. The molecule has 2 aliphatic carbocycles. The Morgan fingerprint density at radius 3 is 2.45 bits per heavy atom. The van der Waals surface area contributed by atoms with Crippen molar-refractivity contribution in [3.63, 3.8) is 0 Å². The molecule has 4 rings (SSSR count). The number of piperazine rings is 1. The second-order valence-corrected chi connectivity index (χ2v) is 11.7. The number of hydrogen-bond acceptors (Lipinski definition) is 4. The van der Waals surface area contributed by atoms with E-state index in [0.29, 0.717) is 49.5 Å². The Hall–Kier alpha value is -1.44. The summed E-state index contributed by atoms with van der Waals surface area (Å²) >= 11 is 0. The van der Waals surface area contributed by atoms with Crippen LogP contribution in [0.4, 0.5) is 0 Å². The van der Waals surface area contributed by atoms with Crippen molar-refractivity contribution >= 4 is 15.9 Å². The number of carbonyl (C=O) groups excluding carboxylic acids is 1. The van der Waals surface area contributed by atoms with Crippen LogP contribution in [0.5, 0.6) is 0 Å². The number of rotatable bonds is 5. The van der Waals surface area contributed by atoms with Crippen molar-refractivity contribution in [2.75, 3.05) is 32.7 Å². The van der Waals surface area contributed by atoms with Crippen LogP contribution in [-0.4, -0.2) is 62.3 Å². The van der Waals surface area contributed by atoms with Crippen LogP contribution in [0.25, 0.3) is 0 Å². The molecule has 172 valence electrons. The van der Waals surface area contributed by atoms with Gasteiger partial charge in [0, 0.05) is 32.2 Å². The number of nitrogens with one attached hydrogen (secondary N) is 1. The number of fused-ring (bicyclic) bond motifs is 1. The Bertz CT molecular complexity index is 893. The van der Waals surface area contributed by atoms with Crippen molar-refractivity contribution in [2.24, 2.45) is 11.8 Å². The van der Waals surface area contributed by atoms with E-state index in [-0.39, 0.29) is 11.9 Å². The highest BCUT2D eigenvalue weighted by atomic mass is 32.2. The normalized spacial score (nSPS) is 28.1. The second-order valence-electron chi connectivity index (χ2n) is 9.76. The molecule has 1 N–H and O–H groups in total. The predicted molar refractivity (Wildman–Crippen MR) is 122 cm³/mol. The van der Waals surface area contributed by atoms with Crippen molar-refractivity contribution in [1.29, 1.82) is 0 Å². The molecule has 0 aromatic heterocycles. The Balaban J connectivity index is 1.30. The van der Waals surface area contributed by atoms with Crippen LogP contribution in [0.2, 0.25) is 0 Å². The number of benzene rings is 1.